The topological polar surface area (TPSA) is 15.3 Å². The number of thiocarbonyl (C=S) groups is 1. The van der Waals surface area contributed by atoms with Crippen LogP contribution >= 0.6 is 12.2 Å². The third kappa shape index (κ3) is 3.70. The van der Waals surface area contributed by atoms with Gasteiger partial charge in [-0.2, -0.15) is 0 Å². The largest absolute Gasteiger partial charge is 0.358 e. The van der Waals surface area contributed by atoms with Crippen LogP contribution < -0.4 is 5.32 Å². The van der Waals surface area contributed by atoms with Gasteiger partial charge in [-0.1, -0.05) is 29.8 Å². The number of hydrogen-bond donors (Lipinski definition) is 1. The Morgan fingerprint density at radius 2 is 1.82 bits per heavy atom. The smallest absolute Gasteiger partial charge is 0.169 e. The van der Waals surface area contributed by atoms with Crippen LogP contribution in [0.2, 0.25) is 0 Å². The van der Waals surface area contributed by atoms with E-state index in [1.807, 2.05) is 0 Å². The van der Waals surface area contributed by atoms with Crippen molar-refractivity contribution in [3.8, 4) is 0 Å². The van der Waals surface area contributed by atoms with Crippen LogP contribution in [0.5, 0.6) is 0 Å². The summed E-state index contributed by atoms with van der Waals surface area (Å²) in [6.45, 7) is 5.16. The van der Waals surface area contributed by atoms with Crippen molar-refractivity contribution in [1.29, 1.82) is 0 Å². The fourth-order valence-electron chi connectivity index (χ4n) is 2.09. The number of piperidine rings is 1. The minimum Gasteiger partial charge on any atom is -0.358 e. The highest BCUT2D eigenvalue weighted by molar-refractivity contribution is 7.80. The van der Waals surface area contributed by atoms with Crippen molar-refractivity contribution in [1.82, 2.24) is 10.2 Å². The number of rotatable bonds is 2. The third-order valence-corrected chi connectivity index (χ3v) is 3.61. The van der Waals surface area contributed by atoms with Gasteiger partial charge in [0.25, 0.3) is 0 Å². The van der Waals surface area contributed by atoms with Crippen molar-refractivity contribution < 1.29 is 0 Å². The second kappa shape index (κ2) is 6.01. The molecule has 1 aliphatic heterocycles. The second-order valence-electron chi connectivity index (χ2n) is 4.69. The molecule has 0 unspecified atom stereocenters. The Morgan fingerprint density at radius 3 is 2.47 bits per heavy atom. The lowest BCUT2D eigenvalue weighted by Gasteiger charge is -2.29. The first kappa shape index (κ1) is 12.4. The molecule has 2 nitrogen and oxygen atoms in total. The Labute approximate surface area is 109 Å². The van der Waals surface area contributed by atoms with Crippen LogP contribution in [-0.4, -0.2) is 23.1 Å². The molecule has 92 valence electrons. The van der Waals surface area contributed by atoms with E-state index < -0.39 is 0 Å². The van der Waals surface area contributed by atoms with Gasteiger partial charge < -0.3 is 10.2 Å². The fraction of sp³-hybridized carbons (Fsp3) is 0.500. The zero-order chi connectivity index (χ0) is 12.1. The predicted octanol–water partition coefficient (Wildman–Crippen LogP) is 2.86. The van der Waals surface area contributed by atoms with Crippen molar-refractivity contribution in [2.45, 2.75) is 32.7 Å². The quantitative estimate of drug-likeness (QED) is 0.810. The van der Waals surface area contributed by atoms with E-state index >= 15 is 0 Å². The lowest BCUT2D eigenvalue weighted by Crippen LogP contribution is -2.42. The average molecular weight is 248 g/mol. The van der Waals surface area contributed by atoms with Crippen LogP contribution in [0.1, 0.15) is 30.4 Å². The van der Waals surface area contributed by atoms with E-state index in [0.717, 1.165) is 24.7 Å². The molecule has 1 aromatic carbocycles. The molecule has 1 aliphatic rings. The number of nitrogens with zero attached hydrogens (tertiary/aromatic N) is 1. The van der Waals surface area contributed by atoms with Crippen LogP contribution in [0.15, 0.2) is 24.3 Å². The second-order valence-corrected chi connectivity index (χ2v) is 5.08. The predicted molar refractivity (Wildman–Crippen MR) is 76.0 cm³/mol. The van der Waals surface area contributed by atoms with Gasteiger partial charge in [-0.05, 0) is 44.0 Å². The zero-order valence-electron chi connectivity index (χ0n) is 10.4. The maximum Gasteiger partial charge on any atom is 0.169 e. The molecule has 2 rings (SSSR count). The van der Waals surface area contributed by atoms with Crippen LogP contribution in [0.4, 0.5) is 0 Å². The van der Waals surface area contributed by atoms with Crippen molar-refractivity contribution in [3.63, 3.8) is 0 Å². The van der Waals surface area contributed by atoms with Crippen LogP contribution in [0.25, 0.3) is 0 Å². The van der Waals surface area contributed by atoms with Gasteiger partial charge in [0.05, 0.1) is 0 Å². The molecule has 17 heavy (non-hydrogen) atoms. The normalized spacial score (nSPS) is 15.7. The summed E-state index contributed by atoms with van der Waals surface area (Å²) in [5, 5.41) is 4.25. The molecule has 0 bridgehead atoms. The average Bonchev–Trinajstić information content (AvgIpc) is 2.39. The van der Waals surface area contributed by atoms with E-state index in [1.165, 1.54) is 30.4 Å². The number of hydrogen-bond acceptors (Lipinski definition) is 1. The zero-order valence-corrected chi connectivity index (χ0v) is 11.2. The van der Waals surface area contributed by atoms with Gasteiger partial charge in [0.2, 0.25) is 0 Å². The summed E-state index contributed by atoms with van der Waals surface area (Å²) in [5.41, 5.74) is 2.59. The number of nitrogens with one attached hydrogen (secondary N) is 1. The molecule has 1 heterocycles. The molecule has 0 spiro atoms. The van der Waals surface area contributed by atoms with E-state index in [-0.39, 0.29) is 0 Å². The van der Waals surface area contributed by atoms with E-state index in [2.05, 4.69) is 41.4 Å². The van der Waals surface area contributed by atoms with Crippen molar-refractivity contribution in [3.05, 3.63) is 35.4 Å². The Kier molecular flexibility index (Phi) is 4.37. The van der Waals surface area contributed by atoms with Crippen LogP contribution in [0, 0.1) is 6.92 Å². The number of likely N-dealkylation sites (tertiary alicyclic amines) is 1. The van der Waals surface area contributed by atoms with Gasteiger partial charge in [0.15, 0.2) is 5.11 Å². The molecule has 1 fully saturated rings. The first-order valence-electron chi connectivity index (χ1n) is 6.34. The molecular weight excluding hydrogens is 228 g/mol. The summed E-state index contributed by atoms with van der Waals surface area (Å²) in [6.07, 6.45) is 3.88. The Morgan fingerprint density at radius 1 is 1.18 bits per heavy atom. The van der Waals surface area contributed by atoms with Gasteiger partial charge in [0.1, 0.15) is 0 Å². The molecule has 1 N–H and O–H groups in total. The Bertz CT molecular complexity index is 366. The highest BCUT2D eigenvalue weighted by Gasteiger charge is 2.12. The molecule has 0 aliphatic carbocycles. The van der Waals surface area contributed by atoms with Crippen LogP contribution in [0.3, 0.4) is 0 Å². The summed E-state index contributed by atoms with van der Waals surface area (Å²) in [4.78, 5) is 2.28. The van der Waals surface area contributed by atoms with E-state index in [1.54, 1.807) is 0 Å². The molecule has 0 atom stereocenters. The van der Waals surface area contributed by atoms with Gasteiger partial charge in [-0.3, -0.25) is 0 Å². The van der Waals surface area contributed by atoms with Crippen molar-refractivity contribution in [2.75, 3.05) is 13.1 Å². The van der Waals surface area contributed by atoms with Gasteiger partial charge >= 0.3 is 0 Å². The number of benzene rings is 1. The van der Waals surface area contributed by atoms with Crippen molar-refractivity contribution in [2.24, 2.45) is 0 Å². The maximum absolute atomic E-state index is 5.41. The number of aryl methyl sites for hydroxylation is 1. The molecular formula is C14H20N2S. The molecule has 0 radical (unpaired) electrons. The third-order valence-electron chi connectivity index (χ3n) is 3.21. The highest BCUT2D eigenvalue weighted by atomic mass is 32.1. The highest BCUT2D eigenvalue weighted by Crippen LogP contribution is 2.09. The van der Waals surface area contributed by atoms with E-state index in [4.69, 9.17) is 12.2 Å². The van der Waals surface area contributed by atoms with Crippen LogP contribution in [-0.2, 0) is 6.54 Å². The van der Waals surface area contributed by atoms with Crippen molar-refractivity contribution >= 4 is 17.3 Å². The van der Waals surface area contributed by atoms with Gasteiger partial charge in [-0.15, -0.1) is 0 Å². The Hall–Kier alpha value is -1.09. The first-order chi connectivity index (χ1) is 8.25. The van der Waals surface area contributed by atoms with E-state index in [9.17, 15) is 0 Å². The summed E-state index contributed by atoms with van der Waals surface area (Å²) >= 11 is 5.41. The monoisotopic (exact) mass is 248 g/mol. The SMILES string of the molecule is Cc1ccc(CNC(=S)N2CCCCC2)cc1. The molecule has 0 amide bonds. The molecule has 1 saturated heterocycles. The van der Waals surface area contributed by atoms with Gasteiger partial charge in [-0.25, -0.2) is 0 Å². The standard InChI is InChI=1S/C14H20N2S/c1-12-5-7-13(8-6-12)11-15-14(17)16-9-3-2-4-10-16/h5-8H,2-4,9-11H2,1H3,(H,15,17). The van der Waals surface area contributed by atoms with E-state index in [0.29, 0.717) is 0 Å². The molecule has 1 aromatic rings. The minimum atomic E-state index is 0.829. The fourth-order valence-corrected chi connectivity index (χ4v) is 2.35. The minimum absolute atomic E-state index is 0.829. The molecule has 3 heteroatoms. The summed E-state index contributed by atoms with van der Waals surface area (Å²) < 4.78 is 0. The molecule has 0 aromatic heterocycles. The summed E-state index contributed by atoms with van der Waals surface area (Å²) in [6, 6.07) is 8.59. The molecule has 0 saturated carbocycles. The van der Waals surface area contributed by atoms with Gasteiger partial charge in [0, 0.05) is 19.6 Å². The summed E-state index contributed by atoms with van der Waals surface area (Å²) in [5.74, 6) is 0. The summed E-state index contributed by atoms with van der Waals surface area (Å²) in [7, 11) is 0. The Balaban J connectivity index is 1.81. The first-order valence-corrected chi connectivity index (χ1v) is 6.75. The maximum atomic E-state index is 5.41. The lowest BCUT2D eigenvalue weighted by molar-refractivity contribution is 0.338. The lowest BCUT2D eigenvalue weighted by atomic mass is 10.1.